The van der Waals surface area contributed by atoms with Gasteiger partial charge in [-0.15, -0.1) is 0 Å². The minimum Gasteiger partial charge on any atom is -0.443 e. The van der Waals surface area contributed by atoms with Crippen LogP contribution in [0.2, 0.25) is 0 Å². The average Bonchev–Trinajstić information content (AvgIpc) is 2.58. The van der Waals surface area contributed by atoms with E-state index in [9.17, 15) is 14.4 Å². The minimum absolute atomic E-state index is 0.0999. The Bertz CT molecular complexity index is 359. The number of hydrogen-bond acceptors (Lipinski definition) is 6. The van der Waals surface area contributed by atoms with Gasteiger partial charge in [0, 0.05) is 6.42 Å². The third kappa shape index (κ3) is 3.43. The molecular weight excluding hydrogens is 242 g/mol. The van der Waals surface area contributed by atoms with Crippen LogP contribution in [0, 0.1) is 0 Å². The zero-order valence-corrected chi connectivity index (χ0v) is 10.9. The van der Waals surface area contributed by atoms with Crippen LogP contribution in [0.4, 0.5) is 4.79 Å². The van der Waals surface area contributed by atoms with Gasteiger partial charge in [0.25, 0.3) is 0 Å². The molecule has 0 aromatic rings. The number of carbonyl (C=O) groups excluding carboxylic acids is 3. The second-order valence-corrected chi connectivity index (χ2v) is 4.87. The molecule has 0 bridgehead atoms. The molecule has 1 atom stereocenters. The number of nitrogens with zero attached hydrogens (tertiary/aromatic N) is 1. The number of imide groups is 1. The van der Waals surface area contributed by atoms with E-state index in [0.717, 1.165) is 4.90 Å². The Balaban J connectivity index is 2.79. The molecule has 2 amide bonds. The van der Waals surface area contributed by atoms with Crippen molar-refractivity contribution in [3.05, 3.63) is 0 Å². The number of rotatable bonds is 2. The van der Waals surface area contributed by atoms with Gasteiger partial charge in [-0.2, -0.15) is 4.89 Å². The molecule has 0 unspecified atom stereocenters. The summed E-state index contributed by atoms with van der Waals surface area (Å²) in [5.74, 6) is -1.24. The summed E-state index contributed by atoms with van der Waals surface area (Å²) >= 11 is 0. The summed E-state index contributed by atoms with van der Waals surface area (Å²) in [6, 6.07) is -0.979. The van der Waals surface area contributed by atoms with Gasteiger partial charge in [0.2, 0.25) is 5.91 Å². The number of ether oxygens (including phenoxy) is 1. The van der Waals surface area contributed by atoms with E-state index in [1.54, 1.807) is 20.8 Å². The lowest BCUT2D eigenvalue weighted by atomic mass is 10.2. The Morgan fingerprint density at radius 1 is 1.33 bits per heavy atom. The van der Waals surface area contributed by atoms with Crippen molar-refractivity contribution in [2.75, 3.05) is 7.11 Å². The van der Waals surface area contributed by atoms with Gasteiger partial charge in [-0.3, -0.25) is 9.68 Å². The van der Waals surface area contributed by atoms with Crippen LogP contribution in [0.5, 0.6) is 0 Å². The summed E-state index contributed by atoms with van der Waals surface area (Å²) < 4.78 is 5.07. The van der Waals surface area contributed by atoms with Crippen LogP contribution in [0.1, 0.15) is 33.6 Å². The van der Waals surface area contributed by atoms with Gasteiger partial charge in [0.15, 0.2) is 0 Å². The van der Waals surface area contributed by atoms with Gasteiger partial charge in [-0.05, 0) is 27.2 Å². The van der Waals surface area contributed by atoms with Crippen LogP contribution in [0.15, 0.2) is 0 Å². The number of likely N-dealkylation sites (tertiary alicyclic amines) is 1. The molecule has 1 saturated heterocycles. The van der Waals surface area contributed by atoms with Gasteiger partial charge in [0.1, 0.15) is 11.6 Å². The monoisotopic (exact) mass is 259 g/mol. The highest BCUT2D eigenvalue weighted by molar-refractivity contribution is 5.99. The van der Waals surface area contributed by atoms with Crippen molar-refractivity contribution in [1.29, 1.82) is 0 Å². The molecule has 1 aliphatic rings. The zero-order chi connectivity index (χ0) is 13.9. The highest BCUT2D eigenvalue weighted by Gasteiger charge is 2.43. The molecule has 0 radical (unpaired) electrons. The highest BCUT2D eigenvalue weighted by Crippen LogP contribution is 2.23. The van der Waals surface area contributed by atoms with E-state index in [4.69, 9.17) is 4.74 Å². The highest BCUT2D eigenvalue weighted by atomic mass is 17.2. The lowest BCUT2D eigenvalue weighted by molar-refractivity contribution is -0.258. The van der Waals surface area contributed by atoms with Crippen LogP contribution in [-0.2, 0) is 24.1 Å². The van der Waals surface area contributed by atoms with Crippen molar-refractivity contribution in [2.24, 2.45) is 0 Å². The lowest BCUT2D eigenvalue weighted by Crippen LogP contribution is -2.46. The molecule has 0 spiro atoms. The average molecular weight is 259 g/mol. The zero-order valence-electron chi connectivity index (χ0n) is 10.9. The van der Waals surface area contributed by atoms with Crippen molar-refractivity contribution in [2.45, 2.75) is 45.3 Å². The summed E-state index contributed by atoms with van der Waals surface area (Å²) in [5, 5.41) is 0. The first kappa shape index (κ1) is 14.4. The maximum absolute atomic E-state index is 11.8. The summed E-state index contributed by atoms with van der Waals surface area (Å²) in [7, 11) is 1.17. The Kier molecular flexibility index (Phi) is 4.28. The normalized spacial score (nSPS) is 19.9. The van der Waals surface area contributed by atoms with Crippen LogP contribution < -0.4 is 0 Å². The molecule has 0 aromatic heterocycles. The third-order valence-electron chi connectivity index (χ3n) is 2.24. The largest absolute Gasteiger partial charge is 0.443 e. The van der Waals surface area contributed by atoms with Crippen molar-refractivity contribution >= 4 is 18.0 Å². The molecule has 1 aliphatic heterocycles. The molecule has 0 aliphatic carbocycles. The Morgan fingerprint density at radius 3 is 2.44 bits per heavy atom. The van der Waals surface area contributed by atoms with E-state index in [1.165, 1.54) is 7.11 Å². The first-order valence-electron chi connectivity index (χ1n) is 5.56. The molecule has 0 saturated carbocycles. The van der Waals surface area contributed by atoms with Gasteiger partial charge in [0.05, 0.1) is 7.11 Å². The van der Waals surface area contributed by atoms with Crippen molar-refractivity contribution in [1.82, 2.24) is 4.90 Å². The van der Waals surface area contributed by atoms with Gasteiger partial charge >= 0.3 is 12.1 Å². The Morgan fingerprint density at radius 2 is 1.94 bits per heavy atom. The molecule has 102 valence electrons. The predicted molar refractivity (Wildman–Crippen MR) is 59.2 cm³/mol. The topological polar surface area (TPSA) is 82.1 Å². The standard InChI is InChI=1S/C11H17NO6/c1-11(2,3)17-10(15)12-7(5-6-8(12)13)9(14)18-16-4/h7H,5-6H2,1-4H3/t7-/m0/s1. The van der Waals surface area contributed by atoms with Gasteiger partial charge in [-0.25, -0.2) is 14.5 Å². The molecule has 7 heteroatoms. The second kappa shape index (κ2) is 5.34. The van der Waals surface area contributed by atoms with E-state index < -0.39 is 29.6 Å². The lowest BCUT2D eigenvalue weighted by Gasteiger charge is -2.25. The molecule has 1 fully saturated rings. The Labute approximate surface area is 105 Å². The molecule has 1 heterocycles. The van der Waals surface area contributed by atoms with Crippen LogP contribution in [0.25, 0.3) is 0 Å². The smallest absolute Gasteiger partial charge is 0.417 e. The first-order chi connectivity index (χ1) is 8.26. The van der Waals surface area contributed by atoms with E-state index in [0.29, 0.717) is 0 Å². The van der Waals surface area contributed by atoms with E-state index in [1.807, 2.05) is 0 Å². The maximum Gasteiger partial charge on any atom is 0.417 e. The SMILES string of the molecule is COOC(=O)[C@@H]1CCC(=O)N1C(=O)OC(C)(C)C. The van der Waals surface area contributed by atoms with E-state index in [-0.39, 0.29) is 12.8 Å². The van der Waals surface area contributed by atoms with Crippen molar-refractivity contribution in [3.63, 3.8) is 0 Å². The van der Waals surface area contributed by atoms with E-state index in [2.05, 4.69) is 9.78 Å². The Hall–Kier alpha value is -1.63. The van der Waals surface area contributed by atoms with Gasteiger partial charge < -0.3 is 4.74 Å². The van der Waals surface area contributed by atoms with Crippen LogP contribution in [-0.4, -0.2) is 41.6 Å². The molecular formula is C11H17NO6. The molecule has 7 nitrogen and oxygen atoms in total. The van der Waals surface area contributed by atoms with Gasteiger partial charge in [-0.1, -0.05) is 0 Å². The molecule has 0 N–H and O–H groups in total. The van der Waals surface area contributed by atoms with E-state index >= 15 is 0 Å². The maximum atomic E-state index is 11.8. The first-order valence-corrected chi connectivity index (χ1v) is 5.56. The number of amides is 2. The minimum atomic E-state index is -0.979. The van der Waals surface area contributed by atoms with Crippen molar-refractivity contribution < 1.29 is 28.9 Å². The van der Waals surface area contributed by atoms with Crippen molar-refractivity contribution in [3.8, 4) is 0 Å². The fourth-order valence-electron chi connectivity index (χ4n) is 1.58. The second-order valence-electron chi connectivity index (χ2n) is 4.87. The van der Waals surface area contributed by atoms with Crippen LogP contribution in [0.3, 0.4) is 0 Å². The summed E-state index contributed by atoms with van der Waals surface area (Å²) in [4.78, 5) is 44.3. The summed E-state index contributed by atoms with van der Waals surface area (Å²) in [6.07, 6.45) is -0.536. The molecule has 0 aromatic carbocycles. The third-order valence-corrected chi connectivity index (χ3v) is 2.24. The summed E-state index contributed by atoms with van der Waals surface area (Å²) in [6.45, 7) is 5.02. The van der Waals surface area contributed by atoms with Crippen LogP contribution >= 0.6 is 0 Å². The summed E-state index contributed by atoms with van der Waals surface area (Å²) in [5.41, 5.74) is -0.740. The molecule has 18 heavy (non-hydrogen) atoms. The number of carbonyl (C=O) groups is 3. The fourth-order valence-corrected chi connectivity index (χ4v) is 1.58. The predicted octanol–water partition coefficient (Wildman–Crippen LogP) is 1.02. The number of hydrogen-bond donors (Lipinski definition) is 0. The molecule has 1 rings (SSSR count). The fraction of sp³-hybridized carbons (Fsp3) is 0.727. The quantitative estimate of drug-likeness (QED) is 0.544.